The van der Waals surface area contributed by atoms with E-state index >= 15 is 0 Å². The molecule has 4 unspecified atom stereocenters. The van der Waals surface area contributed by atoms with Gasteiger partial charge in [-0.15, -0.1) is 0 Å². The largest absolute Gasteiger partial charge is 0.481 e. The first kappa shape index (κ1) is 19.0. The summed E-state index contributed by atoms with van der Waals surface area (Å²) in [6.45, 7) is 8.58. The molecule has 0 heterocycles. The van der Waals surface area contributed by atoms with Crippen LogP contribution in [0.5, 0.6) is 0 Å². The van der Waals surface area contributed by atoms with E-state index in [-0.39, 0.29) is 24.4 Å². The van der Waals surface area contributed by atoms with E-state index in [1.165, 1.54) is 6.42 Å². The molecule has 1 aliphatic rings. The molecule has 0 bridgehead atoms. The van der Waals surface area contributed by atoms with Crippen molar-refractivity contribution in [1.82, 2.24) is 0 Å². The fraction of sp³-hybridized carbons (Fsp3) is 0.889. The van der Waals surface area contributed by atoms with Crippen LogP contribution in [0.1, 0.15) is 72.6 Å². The minimum Gasteiger partial charge on any atom is -0.481 e. The van der Waals surface area contributed by atoms with Gasteiger partial charge in [0.05, 0.1) is 5.92 Å². The number of carboxylic acid groups (broad SMARTS) is 1. The van der Waals surface area contributed by atoms with Crippen LogP contribution in [0.2, 0.25) is 0 Å². The fourth-order valence-electron chi connectivity index (χ4n) is 3.59. The molecule has 1 N–H and O–H groups in total. The third-order valence-corrected chi connectivity index (χ3v) is 4.90. The Hall–Kier alpha value is -1.06. The van der Waals surface area contributed by atoms with Crippen molar-refractivity contribution in [2.24, 2.45) is 23.7 Å². The molecule has 4 nitrogen and oxygen atoms in total. The number of carbonyl (C=O) groups is 2. The lowest BCUT2D eigenvalue weighted by molar-refractivity contribution is -0.160. The van der Waals surface area contributed by atoms with Gasteiger partial charge in [-0.3, -0.25) is 9.59 Å². The number of ether oxygens (including phenoxy) is 1. The summed E-state index contributed by atoms with van der Waals surface area (Å²) in [7, 11) is 0. The molecule has 0 aromatic heterocycles. The second-order valence-electron chi connectivity index (χ2n) is 7.21. The topological polar surface area (TPSA) is 63.6 Å². The molecule has 1 aliphatic carbocycles. The van der Waals surface area contributed by atoms with E-state index in [0.717, 1.165) is 25.7 Å². The van der Waals surface area contributed by atoms with Crippen LogP contribution >= 0.6 is 0 Å². The van der Waals surface area contributed by atoms with E-state index in [2.05, 4.69) is 20.8 Å². The molecule has 22 heavy (non-hydrogen) atoms. The standard InChI is InChI=1S/C18H32O4/c1-5-6-14(8-10-17(19)20)22-18(21)16-11-13(4)7-9-15(16)12(2)3/h12-16H,5-11H2,1-4H3,(H,19,20). The number of carboxylic acids is 1. The highest BCUT2D eigenvalue weighted by molar-refractivity contribution is 5.73. The maximum atomic E-state index is 12.6. The number of esters is 1. The zero-order valence-corrected chi connectivity index (χ0v) is 14.5. The summed E-state index contributed by atoms with van der Waals surface area (Å²) >= 11 is 0. The van der Waals surface area contributed by atoms with Gasteiger partial charge in [0.1, 0.15) is 6.10 Å². The van der Waals surface area contributed by atoms with Crippen LogP contribution in [0, 0.1) is 23.7 Å². The van der Waals surface area contributed by atoms with Crippen LogP contribution in [-0.4, -0.2) is 23.1 Å². The lowest BCUT2D eigenvalue weighted by atomic mass is 9.70. The molecule has 0 spiro atoms. The minimum atomic E-state index is -0.830. The molecule has 0 aliphatic heterocycles. The molecule has 0 aromatic rings. The van der Waals surface area contributed by atoms with Crippen LogP contribution in [0.25, 0.3) is 0 Å². The van der Waals surface area contributed by atoms with Crippen molar-refractivity contribution in [1.29, 1.82) is 0 Å². The molecular formula is C18H32O4. The highest BCUT2D eigenvalue weighted by Crippen LogP contribution is 2.39. The SMILES string of the molecule is CCCC(CCC(=O)O)OC(=O)C1CC(C)CCC1C(C)C. The summed E-state index contributed by atoms with van der Waals surface area (Å²) < 4.78 is 5.71. The molecule has 1 fully saturated rings. The number of hydrogen-bond donors (Lipinski definition) is 1. The van der Waals surface area contributed by atoms with Crippen molar-refractivity contribution in [3.8, 4) is 0 Å². The van der Waals surface area contributed by atoms with Crippen LogP contribution in [0.15, 0.2) is 0 Å². The normalized spacial score (nSPS) is 26.7. The quantitative estimate of drug-likeness (QED) is 0.680. The second-order valence-corrected chi connectivity index (χ2v) is 7.21. The first-order chi connectivity index (χ1) is 10.3. The Kier molecular flexibility index (Phi) is 7.91. The van der Waals surface area contributed by atoms with Crippen molar-refractivity contribution in [3.05, 3.63) is 0 Å². The average Bonchev–Trinajstić information content (AvgIpc) is 2.44. The summed E-state index contributed by atoms with van der Waals surface area (Å²) in [6.07, 6.45) is 5.05. The highest BCUT2D eigenvalue weighted by atomic mass is 16.5. The minimum absolute atomic E-state index is 0.0204. The Labute approximate surface area is 134 Å². The number of carbonyl (C=O) groups excluding carboxylic acids is 1. The molecular weight excluding hydrogens is 280 g/mol. The average molecular weight is 312 g/mol. The summed E-state index contributed by atoms with van der Waals surface area (Å²) in [5, 5.41) is 8.82. The van der Waals surface area contributed by atoms with Gasteiger partial charge in [0.25, 0.3) is 0 Å². The van der Waals surface area contributed by atoms with Gasteiger partial charge < -0.3 is 9.84 Å². The predicted molar refractivity (Wildman–Crippen MR) is 86.5 cm³/mol. The maximum absolute atomic E-state index is 12.6. The lowest BCUT2D eigenvalue weighted by Gasteiger charge is -2.36. The van der Waals surface area contributed by atoms with Gasteiger partial charge in [0.2, 0.25) is 0 Å². The molecule has 1 saturated carbocycles. The van der Waals surface area contributed by atoms with E-state index in [9.17, 15) is 9.59 Å². The van der Waals surface area contributed by atoms with Crippen LogP contribution in [0.4, 0.5) is 0 Å². The Bertz CT molecular complexity index is 364. The number of hydrogen-bond acceptors (Lipinski definition) is 3. The zero-order chi connectivity index (χ0) is 16.7. The van der Waals surface area contributed by atoms with Crippen molar-refractivity contribution >= 4 is 11.9 Å². The van der Waals surface area contributed by atoms with Gasteiger partial charge in [-0.2, -0.15) is 0 Å². The smallest absolute Gasteiger partial charge is 0.309 e. The van der Waals surface area contributed by atoms with E-state index in [1.54, 1.807) is 0 Å². The molecule has 128 valence electrons. The van der Waals surface area contributed by atoms with Crippen molar-refractivity contribution in [2.45, 2.75) is 78.7 Å². The van der Waals surface area contributed by atoms with Gasteiger partial charge in [0.15, 0.2) is 0 Å². The summed E-state index contributed by atoms with van der Waals surface area (Å²) in [5.41, 5.74) is 0. The van der Waals surface area contributed by atoms with E-state index in [1.807, 2.05) is 6.92 Å². The second kappa shape index (κ2) is 9.16. The Morgan fingerprint density at radius 3 is 2.45 bits per heavy atom. The van der Waals surface area contributed by atoms with Gasteiger partial charge in [-0.25, -0.2) is 0 Å². The molecule has 0 saturated heterocycles. The molecule has 1 rings (SSSR count). The molecule has 4 heteroatoms. The number of rotatable bonds is 8. The Morgan fingerprint density at radius 1 is 1.23 bits per heavy atom. The summed E-state index contributed by atoms with van der Waals surface area (Å²) in [4.78, 5) is 23.4. The van der Waals surface area contributed by atoms with Crippen LogP contribution < -0.4 is 0 Å². The molecule has 4 atom stereocenters. The first-order valence-corrected chi connectivity index (χ1v) is 8.77. The summed E-state index contributed by atoms with van der Waals surface area (Å²) in [6, 6.07) is 0. The lowest BCUT2D eigenvalue weighted by Crippen LogP contribution is -2.36. The molecule has 0 aromatic carbocycles. The van der Waals surface area contributed by atoms with Gasteiger partial charge in [0, 0.05) is 6.42 Å². The third kappa shape index (κ3) is 5.98. The Balaban J connectivity index is 2.66. The zero-order valence-electron chi connectivity index (χ0n) is 14.5. The Morgan fingerprint density at radius 2 is 1.91 bits per heavy atom. The van der Waals surface area contributed by atoms with Gasteiger partial charge in [-0.05, 0) is 43.4 Å². The van der Waals surface area contributed by atoms with E-state index in [4.69, 9.17) is 9.84 Å². The molecule has 0 amide bonds. The highest BCUT2D eigenvalue weighted by Gasteiger charge is 2.37. The first-order valence-electron chi connectivity index (χ1n) is 8.77. The van der Waals surface area contributed by atoms with Crippen molar-refractivity contribution in [3.63, 3.8) is 0 Å². The predicted octanol–water partition coefficient (Wildman–Crippen LogP) is 4.27. The van der Waals surface area contributed by atoms with E-state index in [0.29, 0.717) is 24.2 Å². The monoisotopic (exact) mass is 312 g/mol. The van der Waals surface area contributed by atoms with Crippen LogP contribution in [0.3, 0.4) is 0 Å². The number of aliphatic carboxylic acids is 1. The van der Waals surface area contributed by atoms with Crippen LogP contribution in [-0.2, 0) is 14.3 Å². The summed E-state index contributed by atoms with van der Waals surface area (Å²) in [5.74, 6) is 0.487. The van der Waals surface area contributed by atoms with Crippen molar-refractivity contribution < 1.29 is 19.4 Å². The maximum Gasteiger partial charge on any atom is 0.309 e. The van der Waals surface area contributed by atoms with E-state index < -0.39 is 5.97 Å². The third-order valence-electron chi connectivity index (χ3n) is 4.90. The fourth-order valence-corrected chi connectivity index (χ4v) is 3.59. The molecule has 0 radical (unpaired) electrons. The van der Waals surface area contributed by atoms with Gasteiger partial charge >= 0.3 is 11.9 Å². The van der Waals surface area contributed by atoms with Crippen molar-refractivity contribution in [2.75, 3.05) is 0 Å². The van der Waals surface area contributed by atoms with Gasteiger partial charge in [-0.1, -0.05) is 40.5 Å².